The zero-order chi connectivity index (χ0) is 11.2. The second-order valence-corrected chi connectivity index (χ2v) is 3.50. The normalized spacial score (nSPS) is 10.1. The van der Waals surface area contributed by atoms with E-state index in [4.69, 9.17) is 9.47 Å². The maximum absolute atomic E-state index is 5.31. The fraction of sp³-hybridized carbons (Fsp3) is 0.692. The van der Waals surface area contributed by atoms with Crippen molar-refractivity contribution in [2.45, 2.75) is 38.5 Å². The van der Waals surface area contributed by atoms with Crippen LogP contribution in [-0.2, 0) is 9.47 Å². The van der Waals surface area contributed by atoms with Crippen molar-refractivity contribution in [2.75, 3.05) is 20.0 Å². The van der Waals surface area contributed by atoms with Gasteiger partial charge in [-0.25, -0.2) is 0 Å². The summed E-state index contributed by atoms with van der Waals surface area (Å²) in [5.74, 6) is 0. The van der Waals surface area contributed by atoms with E-state index in [2.05, 4.69) is 13.2 Å². The summed E-state index contributed by atoms with van der Waals surface area (Å²) in [6.45, 7) is 9.36. The first-order valence-corrected chi connectivity index (χ1v) is 5.79. The van der Waals surface area contributed by atoms with Gasteiger partial charge in [-0.3, -0.25) is 0 Å². The Morgan fingerprint density at radius 1 is 0.733 bits per heavy atom. The topological polar surface area (TPSA) is 18.5 Å². The lowest BCUT2D eigenvalue weighted by atomic mass is 10.2. The third-order valence-corrected chi connectivity index (χ3v) is 2.06. The number of hydrogen-bond acceptors (Lipinski definition) is 2. The fourth-order valence-corrected chi connectivity index (χ4v) is 1.16. The molecule has 0 aliphatic carbocycles. The SMILES string of the molecule is C=CCCCCOCOCCCCC=C. The average Bonchev–Trinajstić information content (AvgIpc) is 2.26. The van der Waals surface area contributed by atoms with Crippen LogP contribution in [0.1, 0.15) is 38.5 Å². The van der Waals surface area contributed by atoms with Gasteiger partial charge in [0.1, 0.15) is 6.79 Å². The minimum Gasteiger partial charge on any atom is -0.355 e. The molecule has 0 saturated heterocycles. The second kappa shape index (κ2) is 13.4. The molecule has 2 heteroatoms. The van der Waals surface area contributed by atoms with Gasteiger partial charge in [-0.15, -0.1) is 13.2 Å². The molecule has 0 fully saturated rings. The first-order valence-electron chi connectivity index (χ1n) is 5.79. The van der Waals surface area contributed by atoms with E-state index in [9.17, 15) is 0 Å². The number of hydrogen-bond donors (Lipinski definition) is 0. The number of rotatable bonds is 12. The van der Waals surface area contributed by atoms with Crippen molar-refractivity contribution >= 4 is 0 Å². The van der Waals surface area contributed by atoms with Crippen molar-refractivity contribution in [2.24, 2.45) is 0 Å². The van der Waals surface area contributed by atoms with E-state index in [1.54, 1.807) is 0 Å². The van der Waals surface area contributed by atoms with Crippen molar-refractivity contribution in [1.29, 1.82) is 0 Å². The van der Waals surface area contributed by atoms with Crippen molar-refractivity contribution in [3.8, 4) is 0 Å². The van der Waals surface area contributed by atoms with Crippen molar-refractivity contribution in [1.82, 2.24) is 0 Å². The quantitative estimate of drug-likeness (QED) is 0.279. The minimum atomic E-state index is 0.433. The van der Waals surface area contributed by atoms with Crippen molar-refractivity contribution < 1.29 is 9.47 Å². The van der Waals surface area contributed by atoms with E-state index in [0.29, 0.717) is 6.79 Å². The Labute approximate surface area is 94.0 Å². The summed E-state index contributed by atoms with van der Waals surface area (Å²) in [4.78, 5) is 0. The highest BCUT2D eigenvalue weighted by atomic mass is 16.7. The van der Waals surface area contributed by atoms with Gasteiger partial charge in [0.05, 0.1) is 0 Å². The summed E-state index contributed by atoms with van der Waals surface area (Å²) < 4.78 is 10.6. The highest BCUT2D eigenvalue weighted by Crippen LogP contribution is 1.98. The van der Waals surface area contributed by atoms with Gasteiger partial charge in [0.2, 0.25) is 0 Å². The van der Waals surface area contributed by atoms with E-state index >= 15 is 0 Å². The Bertz CT molecular complexity index is 127. The molecule has 0 unspecified atom stereocenters. The number of unbranched alkanes of at least 4 members (excludes halogenated alkanes) is 4. The molecule has 0 aromatic heterocycles. The van der Waals surface area contributed by atoms with Crippen LogP contribution in [0.3, 0.4) is 0 Å². The molecule has 0 rings (SSSR count). The summed E-state index contributed by atoms with van der Waals surface area (Å²) in [6.07, 6.45) is 10.5. The molecule has 0 saturated carbocycles. The van der Waals surface area contributed by atoms with Gasteiger partial charge in [0, 0.05) is 13.2 Å². The number of ether oxygens (including phenoxy) is 2. The van der Waals surface area contributed by atoms with Gasteiger partial charge < -0.3 is 9.47 Å². The molecule has 15 heavy (non-hydrogen) atoms. The third kappa shape index (κ3) is 13.4. The van der Waals surface area contributed by atoms with Crippen LogP contribution in [0.25, 0.3) is 0 Å². The van der Waals surface area contributed by atoms with Crippen LogP contribution in [0.5, 0.6) is 0 Å². The van der Waals surface area contributed by atoms with Crippen LogP contribution < -0.4 is 0 Å². The summed E-state index contributed by atoms with van der Waals surface area (Å²) in [6, 6.07) is 0. The summed E-state index contributed by atoms with van der Waals surface area (Å²) in [7, 11) is 0. The molecule has 0 spiro atoms. The molecule has 0 atom stereocenters. The fourth-order valence-electron chi connectivity index (χ4n) is 1.16. The second-order valence-electron chi connectivity index (χ2n) is 3.50. The van der Waals surface area contributed by atoms with Gasteiger partial charge in [0.15, 0.2) is 0 Å². The Balaban J connectivity index is 2.86. The Morgan fingerprint density at radius 3 is 1.60 bits per heavy atom. The zero-order valence-corrected chi connectivity index (χ0v) is 9.75. The summed E-state index contributed by atoms with van der Waals surface area (Å²) in [5, 5.41) is 0. The smallest absolute Gasteiger partial charge is 0.146 e. The standard InChI is InChI=1S/C13H24O2/c1-3-5-7-9-11-14-13-15-12-10-8-6-4-2/h3-4H,1-2,5-13H2. The molecule has 0 amide bonds. The van der Waals surface area contributed by atoms with E-state index in [-0.39, 0.29) is 0 Å². The number of allylic oxidation sites excluding steroid dienone is 2. The van der Waals surface area contributed by atoms with Gasteiger partial charge in [-0.2, -0.15) is 0 Å². The monoisotopic (exact) mass is 212 g/mol. The molecule has 0 aromatic carbocycles. The van der Waals surface area contributed by atoms with Gasteiger partial charge >= 0.3 is 0 Å². The highest BCUT2D eigenvalue weighted by Gasteiger charge is 1.90. The lowest BCUT2D eigenvalue weighted by Gasteiger charge is -2.04. The predicted octanol–water partition coefficient (Wildman–Crippen LogP) is 3.69. The van der Waals surface area contributed by atoms with Crippen LogP contribution in [0.4, 0.5) is 0 Å². The molecule has 0 bridgehead atoms. The first-order chi connectivity index (χ1) is 7.41. The van der Waals surface area contributed by atoms with Crippen LogP contribution in [-0.4, -0.2) is 20.0 Å². The zero-order valence-electron chi connectivity index (χ0n) is 9.75. The lowest BCUT2D eigenvalue weighted by Crippen LogP contribution is -2.02. The van der Waals surface area contributed by atoms with Gasteiger partial charge in [-0.05, 0) is 38.5 Å². The Morgan fingerprint density at radius 2 is 1.20 bits per heavy atom. The Kier molecular flexibility index (Phi) is 12.9. The minimum absolute atomic E-state index is 0.433. The van der Waals surface area contributed by atoms with E-state index in [1.807, 2.05) is 12.2 Å². The van der Waals surface area contributed by atoms with Crippen LogP contribution in [0.15, 0.2) is 25.3 Å². The van der Waals surface area contributed by atoms with E-state index in [0.717, 1.165) is 51.7 Å². The first kappa shape index (κ1) is 14.4. The molecule has 2 nitrogen and oxygen atoms in total. The van der Waals surface area contributed by atoms with Crippen LogP contribution in [0, 0.1) is 0 Å². The van der Waals surface area contributed by atoms with Gasteiger partial charge in [-0.1, -0.05) is 12.2 Å². The molecule has 0 aliphatic heterocycles. The average molecular weight is 212 g/mol. The molecule has 0 heterocycles. The third-order valence-electron chi connectivity index (χ3n) is 2.06. The molecular weight excluding hydrogens is 188 g/mol. The largest absolute Gasteiger partial charge is 0.355 e. The molecular formula is C13H24O2. The van der Waals surface area contributed by atoms with Gasteiger partial charge in [0.25, 0.3) is 0 Å². The summed E-state index contributed by atoms with van der Waals surface area (Å²) >= 11 is 0. The summed E-state index contributed by atoms with van der Waals surface area (Å²) in [5.41, 5.74) is 0. The van der Waals surface area contributed by atoms with E-state index in [1.165, 1.54) is 0 Å². The molecule has 88 valence electrons. The predicted molar refractivity (Wildman–Crippen MR) is 64.9 cm³/mol. The maximum atomic E-state index is 5.31. The van der Waals surface area contributed by atoms with Crippen molar-refractivity contribution in [3.63, 3.8) is 0 Å². The lowest BCUT2D eigenvalue weighted by molar-refractivity contribution is -0.0553. The highest BCUT2D eigenvalue weighted by molar-refractivity contribution is 4.65. The molecule has 0 radical (unpaired) electrons. The molecule has 0 N–H and O–H groups in total. The Hall–Kier alpha value is -0.600. The van der Waals surface area contributed by atoms with Crippen LogP contribution >= 0.6 is 0 Å². The van der Waals surface area contributed by atoms with Crippen LogP contribution in [0.2, 0.25) is 0 Å². The maximum Gasteiger partial charge on any atom is 0.146 e. The van der Waals surface area contributed by atoms with E-state index < -0.39 is 0 Å². The molecule has 0 aromatic rings. The molecule has 0 aliphatic rings. The van der Waals surface area contributed by atoms with Crippen molar-refractivity contribution in [3.05, 3.63) is 25.3 Å².